The predicted molar refractivity (Wildman–Crippen MR) is 70.9 cm³/mol. The molecule has 20 heavy (non-hydrogen) atoms. The first-order chi connectivity index (χ1) is 9.40. The number of rotatable bonds is 3. The molecule has 2 aromatic rings. The second-order valence-corrected chi connectivity index (χ2v) is 4.41. The van der Waals surface area contributed by atoms with Crippen LogP contribution in [-0.2, 0) is 14.1 Å². The van der Waals surface area contributed by atoms with E-state index >= 15 is 0 Å². The third-order valence-corrected chi connectivity index (χ3v) is 2.79. The number of hydrazone groups is 1. The van der Waals surface area contributed by atoms with E-state index < -0.39 is 11.9 Å². The molecule has 0 saturated carbocycles. The van der Waals surface area contributed by atoms with E-state index in [0.717, 1.165) is 10.4 Å². The number of aryl methyl sites for hydroxylation is 4. The van der Waals surface area contributed by atoms with Crippen LogP contribution in [0.25, 0.3) is 0 Å². The third kappa shape index (κ3) is 2.58. The number of amides is 1. The molecule has 0 aliphatic carbocycles. The van der Waals surface area contributed by atoms with Crippen LogP contribution in [0.5, 0.6) is 0 Å². The molecule has 0 fully saturated rings. The van der Waals surface area contributed by atoms with E-state index in [1.165, 1.54) is 17.9 Å². The van der Waals surface area contributed by atoms with Crippen LogP contribution in [-0.4, -0.2) is 31.7 Å². The van der Waals surface area contributed by atoms with Gasteiger partial charge in [-0.25, -0.2) is 10.1 Å². The molecule has 0 aliphatic rings. The highest BCUT2D eigenvalue weighted by molar-refractivity contribution is 5.93. The second kappa shape index (κ2) is 5.24. The molecule has 0 aliphatic heterocycles. The summed E-state index contributed by atoms with van der Waals surface area (Å²) in [5, 5.41) is 11.7. The fourth-order valence-electron chi connectivity index (χ4n) is 1.83. The molecular weight excluding hydrogens is 263 g/mol. The summed E-state index contributed by atoms with van der Waals surface area (Å²) in [5.41, 5.74) is 4.19. The molecule has 0 radical (unpaired) electrons. The van der Waals surface area contributed by atoms with E-state index in [1.54, 1.807) is 27.0 Å². The van der Waals surface area contributed by atoms with Gasteiger partial charge in [-0.15, -0.1) is 0 Å². The SMILES string of the molecule is Cc1cc(C(=O)NN=Cc2c(C)nn(C)c2F)n(C)n1. The first kappa shape index (κ1) is 13.9. The number of nitrogens with one attached hydrogen (secondary N) is 1. The van der Waals surface area contributed by atoms with Crippen LogP contribution in [0.2, 0.25) is 0 Å². The molecule has 0 spiro atoms. The zero-order valence-electron chi connectivity index (χ0n) is 11.7. The molecule has 0 unspecified atom stereocenters. The van der Waals surface area contributed by atoms with Crippen LogP contribution in [0.4, 0.5) is 4.39 Å². The van der Waals surface area contributed by atoms with Crippen LogP contribution in [0.1, 0.15) is 27.4 Å². The Bertz CT molecular complexity index is 684. The monoisotopic (exact) mass is 278 g/mol. The number of hydrogen-bond acceptors (Lipinski definition) is 4. The fourth-order valence-corrected chi connectivity index (χ4v) is 1.83. The van der Waals surface area contributed by atoms with Crippen molar-refractivity contribution in [2.45, 2.75) is 13.8 Å². The number of nitrogens with zero attached hydrogens (tertiary/aromatic N) is 5. The maximum Gasteiger partial charge on any atom is 0.289 e. The minimum atomic E-state index is -0.503. The molecule has 0 saturated heterocycles. The summed E-state index contributed by atoms with van der Waals surface area (Å²) in [4.78, 5) is 11.8. The summed E-state index contributed by atoms with van der Waals surface area (Å²) in [6, 6.07) is 1.64. The normalized spacial score (nSPS) is 11.2. The molecule has 2 rings (SSSR count). The van der Waals surface area contributed by atoms with Crippen molar-refractivity contribution in [2.24, 2.45) is 19.2 Å². The highest BCUT2D eigenvalue weighted by atomic mass is 19.1. The van der Waals surface area contributed by atoms with E-state index in [4.69, 9.17) is 0 Å². The van der Waals surface area contributed by atoms with Crippen molar-refractivity contribution >= 4 is 12.1 Å². The topological polar surface area (TPSA) is 77.1 Å². The van der Waals surface area contributed by atoms with E-state index in [9.17, 15) is 9.18 Å². The lowest BCUT2D eigenvalue weighted by atomic mass is 10.3. The van der Waals surface area contributed by atoms with Gasteiger partial charge in [0.05, 0.1) is 23.2 Å². The maximum atomic E-state index is 13.6. The molecule has 1 N–H and O–H groups in total. The van der Waals surface area contributed by atoms with Gasteiger partial charge >= 0.3 is 0 Å². The van der Waals surface area contributed by atoms with Gasteiger partial charge in [0.15, 0.2) is 0 Å². The van der Waals surface area contributed by atoms with Crippen molar-refractivity contribution in [1.82, 2.24) is 25.0 Å². The lowest BCUT2D eigenvalue weighted by Gasteiger charge is -1.99. The number of carbonyl (C=O) groups excluding carboxylic acids is 1. The second-order valence-electron chi connectivity index (χ2n) is 4.41. The molecule has 7 nitrogen and oxygen atoms in total. The number of halogens is 1. The average molecular weight is 278 g/mol. The van der Waals surface area contributed by atoms with Crippen molar-refractivity contribution in [2.75, 3.05) is 0 Å². The van der Waals surface area contributed by atoms with Crippen molar-refractivity contribution in [3.63, 3.8) is 0 Å². The standard InChI is InChI=1S/C12H15FN6O/c1-7-5-10(18(3)16-7)12(20)15-14-6-9-8(2)17-19(4)11(9)13/h5-6H,1-4H3,(H,15,20). The number of hydrogen-bond donors (Lipinski definition) is 1. The Hall–Kier alpha value is -2.51. The third-order valence-electron chi connectivity index (χ3n) is 2.79. The van der Waals surface area contributed by atoms with Gasteiger partial charge in [0, 0.05) is 14.1 Å². The number of carbonyl (C=O) groups is 1. The molecule has 1 amide bonds. The Balaban J connectivity index is 2.10. The van der Waals surface area contributed by atoms with Crippen LogP contribution >= 0.6 is 0 Å². The van der Waals surface area contributed by atoms with Crippen molar-refractivity contribution < 1.29 is 9.18 Å². The van der Waals surface area contributed by atoms with Crippen LogP contribution < -0.4 is 5.43 Å². The average Bonchev–Trinajstić information content (AvgIpc) is 2.82. The van der Waals surface area contributed by atoms with Gasteiger partial charge in [-0.3, -0.25) is 9.48 Å². The summed E-state index contributed by atoms with van der Waals surface area (Å²) >= 11 is 0. The van der Waals surface area contributed by atoms with Gasteiger partial charge in [0.25, 0.3) is 5.91 Å². The Morgan fingerprint density at radius 2 is 2.05 bits per heavy atom. The van der Waals surface area contributed by atoms with Crippen LogP contribution in [0.3, 0.4) is 0 Å². The largest absolute Gasteiger partial charge is 0.289 e. The smallest absolute Gasteiger partial charge is 0.266 e. The molecular formula is C12H15FN6O. The van der Waals surface area contributed by atoms with Crippen molar-refractivity contribution in [3.05, 3.63) is 34.7 Å². The summed E-state index contributed by atoms with van der Waals surface area (Å²) in [7, 11) is 3.16. The van der Waals surface area contributed by atoms with Gasteiger partial charge in [-0.2, -0.15) is 19.7 Å². The minimum Gasteiger partial charge on any atom is -0.266 e. The first-order valence-electron chi connectivity index (χ1n) is 5.93. The van der Waals surface area contributed by atoms with Gasteiger partial charge in [0.2, 0.25) is 5.95 Å². The fraction of sp³-hybridized carbons (Fsp3) is 0.333. The molecule has 0 atom stereocenters. The summed E-state index contributed by atoms with van der Waals surface area (Å²) in [6.45, 7) is 3.45. The number of aromatic nitrogens is 4. The Morgan fingerprint density at radius 1 is 1.35 bits per heavy atom. The summed E-state index contributed by atoms with van der Waals surface area (Å²) in [5.74, 6) is -0.914. The quantitative estimate of drug-likeness (QED) is 0.662. The lowest BCUT2D eigenvalue weighted by molar-refractivity contribution is 0.0945. The van der Waals surface area contributed by atoms with Gasteiger partial charge < -0.3 is 0 Å². The molecule has 0 aromatic carbocycles. The molecule has 0 bridgehead atoms. The van der Waals surface area contributed by atoms with Crippen LogP contribution in [0, 0.1) is 19.8 Å². The molecule has 8 heteroatoms. The van der Waals surface area contributed by atoms with Crippen LogP contribution in [0.15, 0.2) is 11.2 Å². The molecule has 2 heterocycles. The predicted octanol–water partition coefficient (Wildman–Crippen LogP) is 0.673. The Labute approximate surface area is 115 Å². The Morgan fingerprint density at radius 3 is 2.55 bits per heavy atom. The Kier molecular flexibility index (Phi) is 3.64. The highest BCUT2D eigenvalue weighted by Crippen LogP contribution is 2.08. The highest BCUT2D eigenvalue weighted by Gasteiger charge is 2.12. The van der Waals surface area contributed by atoms with Crippen molar-refractivity contribution in [1.29, 1.82) is 0 Å². The zero-order valence-corrected chi connectivity index (χ0v) is 11.7. The van der Waals surface area contributed by atoms with E-state index in [-0.39, 0.29) is 5.56 Å². The zero-order chi connectivity index (χ0) is 14.9. The van der Waals surface area contributed by atoms with E-state index in [1.807, 2.05) is 0 Å². The molecule has 106 valence electrons. The lowest BCUT2D eigenvalue weighted by Crippen LogP contribution is -2.20. The van der Waals surface area contributed by atoms with Gasteiger partial charge in [-0.1, -0.05) is 0 Å². The summed E-state index contributed by atoms with van der Waals surface area (Å²) < 4.78 is 16.2. The first-order valence-corrected chi connectivity index (χ1v) is 5.93. The van der Waals surface area contributed by atoms with E-state index in [2.05, 4.69) is 20.7 Å². The minimum absolute atomic E-state index is 0.244. The summed E-state index contributed by atoms with van der Waals surface area (Å²) in [6.07, 6.45) is 1.23. The van der Waals surface area contributed by atoms with Crippen molar-refractivity contribution in [3.8, 4) is 0 Å². The molecule has 2 aromatic heterocycles. The maximum absolute atomic E-state index is 13.6. The van der Waals surface area contributed by atoms with E-state index in [0.29, 0.717) is 11.4 Å². The van der Waals surface area contributed by atoms with Gasteiger partial charge in [0.1, 0.15) is 5.69 Å². The van der Waals surface area contributed by atoms with Gasteiger partial charge in [-0.05, 0) is 19.9 Å².